The third-order valence-electron chi connectivity index (χ3n) is 2.29. The molecule has 0 saturated carbocycles. The summed E-state index contributed by atoms with van der Waals surface area (Å²) in [6, 6.07) is 7.99. The maximum absolute atomic E-state index is 12.3. The fraction of sp³-hybridized carbons (Fsp3) is 0.0909. The van der Waals surface area contributed by atoms with E-state index in [9.17, 15) is 8.42 Å². The van der Waals surface area contributed by atoms with Crippen LogP contribution in [0.2, 0.25) is 0 Å². The molecule has 1 aromatic heterocycles. The van der Waals surface area contributed by atoms with E-state index in [2.05, 4.69) is 9.97 Å². The van der Waals surface area contributed by atoms with Gasteiger partial charge in [0.05, 0.1) is 18.2 Å². The minimum absolute atomic E-state index is 0.0273. The lowest BCUT2D eigenvalue weighted by molar-refractivity contribution is 0.379. The number of aromatic nitrogens is 2. The first kappa shape index (κ1) is 12.3. The second-order valence-corrected chi connectivity index (χ2v) is 5.34. The Morgan fingerprint density at radius 1 is 1.22 bits per heavy atom. The van der Waals surface area contributed by atoms with Gasteiger partial charge in [0, 0.05) is 0 Å². The van der Waals surface area contributed by atoms with Crippen molar-refractivity contribution >= 4 is 15.7 Å². The van der Waals surface area contributed by atoms with Gasteiger partial charge in [0.25, 0.3) is 0 Å². The minimum Gasteiger partial charge on any atom is -0.467 e. The fourth-order valence-corrected chi connectivity index (χ4v) is 2.68. The van der Waals surface area contributed by atoms with Crippen molar-refractivity contribution in [2.24, 2.45) is 0 Å². The largest absolute Gasteiger partial charge is 0.467 e. The number of methoxy groups -OCH3 is 1. The highest BCUT2D eigenvalue weighted by Gasteiger charge is 2.22. The molecule has 0 aliphatic heterocycles. The van der Waals surface area contributed by atoms with E-state index in [0.717, 1.165) is 6.20 Å². The van der Waals surface area contributed by atoms with Gasteiger partial charge in [-0.05, 0) is 12.1 Å². The summed E-state index contributed by atoms with van der Waals surface area (Å²) in [5.74, 6) is -0.134. The Morgan fingerprint density at radius 3 is 2.44 bits per heavy atom. The minimum atomic E-state index is -3.70. The van der Waals surface area contributed by atoms with Gasteiger partial charge in [-0.2, -0.15) is 4.98 Å². The molecule has 18 heavy (non-hydrogen) atoms. The highest BCUT2D eigenvalue weighted by Crippen LogP contribution is 2.24. The van der Waals surface area contributed by atoms with Crippen LogP contribution in [0, 0.1) is 0 Å². The molecule has 0 radical (unpaired) electrons. The van der Waals surface area contributed by atoms with Crippen molar-refractivity contribution in [3.8, 4) is 6.01 Å². The molecule has 0 amide bonds. The van der Waals surface area contributed by atoms with Gasteiger partial charge >= 0.3 is 6.01 Å². The van der Waals surface area contributed by atoms with E-state index in [4.69, 9.17) is 10.5 Å². The zero-order chi connectivity index (χ0) is 13.2. The molecule has 1 heterocycles. The predicted molar refractivity (Wildman–Crippen MR) is 64.9 cm³/mol. The normalized spacial score (nSPS) is 11.2. The summed E-state index contributed by atoms with van der Waals surface area (Å²) in [4.78, 5) is 7.52. The lowest BCUT2D eigenvalue weighted by Crippen LogP contribution is -2.08. The third kappa shape index (κ3) is 2.12. The van der Waals surface area contributed by atoms with E-state index in [1.807, 2.05) is 0 Å². The van der Waals surface area contributed by atoms with Crippen molar-refractivity contribution in [3.05, 3.63) is 36.5 Å². The van der Waals surface area contributed by atoms with Crippen LogP contribution < -0.4 is 10.5 Å². The summed E-state index contributed by atoms with van der Waals surface area (Å²) in [7, 11) is -2.33. The van der Waals surface area contributed by atoms with Gasteiger partial charge in [-0.1, -0.05) is 18.2 Å². The number of anilines is 1. The first-order valence-electron chi connectivity index (χ1n) is 5.02. The van der Waals surface area contributed by atoms with Crippen LogP contribution in [-0.4, -0.2) is 25.5 Å². The molecule has 2 N–H and O–H groups in total. The van der Waals surface area contributed by atoms with Crippen LogP contribution in [-0.2, 0) is 9.84 Å². The zero-order valence-electron chi connectivity index (χ0n) is 9.57. The monoisotopic (exact) mass is 265 g/mol. The van der Waals surface area contributed by atoms with Gasteiger partial charge in [-0.3, -0.25) is 0 Å². The summed E-state index contributed by atoms with van der Waals surface area (Å²) < 4.78 is 29.3. The number of sulfone groups is 1. The van der Waals surface area contributed by atoms with Gasteiger partial charge in [-0.15, -0.1) is 0 Å². The molecule has 1 aromatic carbocycles. The average molecular weight is 265 g/mol. The van der Waals surface area contributed by atoms with Crippen molar-refractivity contribution < 1.29 is 13.2 Å². The van der Waals surface area contributed by atoms with Gasteiger partial charge < -0.3 is 10.5 Å². The molecule has 0 spiro atoms. The Hall–Kier alpha value is -2.15. The van der Waals surface area contributed by atoms with Gasteiger partial charge in [0.1, 0.15) is 10.7 Å². The molecule has 6 nitrogen and oxygen atoms in total. The number of nitrogen functional groups attached to an aromatic ring is 1. The Morgan fingerprint density at radius 2 is 1.89 bits per heavy atom. The Balaban J connectivity index is 2.55. The fourth-order valence-electron chi connectivity index (χ4n) is 1.40. The van der Waals surface area contributed by atoms with Crippen molar-refractivity contribution in [2.45, 2.75) is 9.79 Å². The van der Waals surface area contributed by atoms with E-state index in [1.165, 1.54) is 19.2 Å². The maximum Gasteiger partial charge on any atom is 0.318 e. The lowest BCUT2D eigenvalue weighted by Gasteiger charge is -2.07. The van der Waals surface area contributed by atoms with Gasteiger partial charge in [0.15, 0.2) is 0 Å². The summed E-state index contributed by atoms with van der Waals surface area (Å²) in [5, 5.41) is 0. The molecule has 2 aromatic rings. The lowest BCUT2D eigenvalue weighted by atomic mass is 10.4. The first-order valence-corrected chi connectivity index (χ1v) is 6.50. The Kier molecular flexibility index (Phi) is 3.15. The molecule has 0 bridgehead atoms. The summed E-state index contributed by atoms with van der Waals surface area (Å²) >= 11 is 0. The summed E-state index contributed by atoms with van der Waals surface area (Å²) in [5.41, 5.74) is 5.61. The van der Waals surface area contributed by atoms with Crippen LogP contribution in [0.15, 0.2) is 46.3 Å². The van der Waals surface area contributed by atoms with E-state index in [-0.39, 0.29) is 21.6 Å². The molecular formula is C11H11N3O3S. The summed E-state index contributed by atoms with van der Waals surface area (Å²) in [6.07, 6.45) is 1.14. The smallest absolute Gasteiger partial charge is 0.318 e. The number of ether oxygens (including phenoxy) is 1. The molecule has 0 aliphatic carbocycles. The van der Waals surface area contributed by atoms with Crippen LogP contribution in [0.5, 0.6) is 6.01 Å². The molecule has 0 fully saturated rings. The average Bonchev–Trinajstić information content (AvgIpc) is 2.39. The maximum atomic E-state index is 12.3. The number of nitrogens with two attached hydrogens (primary N) is 1. The van der Waals surface area contributed by atoms with Crippen LogP contribution >= 0.6 is 0 Å². The summed E-state index contributed by atoms with van der Waals surface area (Å²) in [6.45, 7) is 0. The van der Waals surface area contributed by atoms with Crippen molar-refractivity contribution in [1.29, 1.82) is 0 Å². The Labute approximate surface area is 104 Å². The van der Waals surface area contributed by atoms with Crippen molar-refractivity contribution in [1.82, 2.24) is 9.97 Å². The van der Waals surface area contributed by atoms with Gasteiger partial charge in [0.2, 0.25) is 9.84 Å². The van der Waals surface area contributed by atoms with E-state index < -0.39 is 9.84 Å². The van der Waals surface area contributed by atoms with E-state index >= 15 is 0 Å². The molecule has 94 valence electrons. The van der Waals surface area contributed by atoms with Crippen molar-refractivity contribution in [3.63, 3.8) is 0 Å². The number of rotatable bonds is 3. The number of benzene rings is 1. The van der Waals surface area contributed by atoms with Crippen LogP contribution in [0.3, 0.4) is 0 Å². The van der Waals surface area contributed by atoms with Gasteiger partial charge in [-0.25, -0.2) is 13.4 Å². The molecule has 7 heteroatoms. The number of hydrogen-bond donors (Lipinski definition) is 1. The standard InChI is InChI=1S/C11H11N3O3S/c1-17-11-13-7-9(10(12)14-11)18(15,16)8-5-3-2-4-6-8/h2-7H,1H3,(H2,12,13,14). The molecule has 0 aliphatic rings. The molecule has 0 unspecified atom stereocenters. The SMILES string of the molecule is COc1ncc(S(=O)(=O)c2ccccc2)c(N)n1. The number of nitrogens with zero attached hydrogens (tertiary/aromatic N) is 2. The zero-order valence-corrected chi connectivity index (χ0v) is 10.4. The second-order valence-electron chi connectivity index (χ2n) is 3.42. The third-order valence-corrected chi connectivity index (χ3v) is 4.07. The predicted octanol–water partition coefficient (Wildman–Crippen LogP) is 0.900. The molecule has 0 saturated heterocycles. The second kappa shape index (κ2) is 4.61. The van der Waals surface area contributed by atoms with E-state index in [0.29, 0.717) is 0 Å². The van der Waals surface area contributed by atoms with Crippen LogP contribution in [0.1, 0.15) is 0 Å². The van der Waals surface area contributed by atoms with Crippen LogP contribution in [0.4, 0.5) is 5.82 Å². The van der Waals surface area contributed by atoms with Crippen LogP contribution in [0.25, 0.3) is 0 Å². The first-order chi connectivity index (χ1) is 8.55. The topological polar surface area (TPSA) is 95.2 Å². The van der Waals surface area contributed by atoms with E-state index in [1.54, 1.807) is 18.2 Å². The molecular weight excluding hydrogens is 254 g/mol. The Bertz CT molecular complexity index is 656. The highest BCUT2D eigenvalue weighted by molar-refractivity contribution is 7.91. The molecule has 2 rings (SSSR count). The quantitative estimate of drug-likeness (QED) is 0.885. The highest BCUT2D eigenvalue weighted by atomic mass is 32.2. The molecule has 0 atom stereocenters. The van der Waals surface area contributed by atoms with Crippen molar-refractivity contribution in [2.75, 3.05) is 12.8 Å². The number of hydrogen-bond acceptors (Lipinski definition) is 6.